The zero-order chi connectivity index (χ0) is 19.6. The number of fused-ring (bicyclic) bond motifs is 1. The molecule has 2 aromatic carbocycles. The summed E-state index contributed by atoms with van der Waals surface area (Å²) in [4.78, 5) is 14.2. The quantitative estimate of drug-likeness (QED) is 0.751. The van der Waals surface area contributed by atoms with Crippen molar-refractivity contribution in [2.45, 2.75) is 51.1 Å². The standard InChI is InChI=1S/C25H29N3O/c29-25-26-16-23-9-8-22(15-24(23)27-25)20-10-12-28(13-11-20)17-18-4-3-7-21(14-18)19-5-1-2-6-19/h3-5,7-9,14-15,20H,1-2,6,10-13,16-17H2,(H2,26,27,29). The molecule has 0 spiro atoms. The van der Waals surface area contributed by atoms with E-state index in [-0.39, 0.29) is 6.03 Å². The fraction of sp³-hybridized carbons (Fsp3) is 0.400. The Bertz CT molecular complexity index is 941. The number of benzene rings is 2. The second kappa shape index (κ2) is 8.03. The molecule has 2 aromatic rings. The Kier molecular flexibility index (Phi) is 5.11. The first-order valence-corrected chi connectivity index (χ1v) is 10.9. The molecule has 0 bridgehead atoms. The SMILES string of the molecule is O=C1NCc2ccc(C3CCN(Cc4cccc(C5=CCCC5)c4)CC3)cc2N1. The average Bonchev–Trinajstić information content (AvgIpc) is 3.29. The number of nitrogens with zero attached hydrogens (tertiary/aromatic N) is 1. The minimum absolute atomic E-state index is 0.0972. The second-order valence-corrected chi connectivity index (χ2v) is 8.60. The molecule has 0 unspecified atom stereocenters. The van der Waals surface area contributed by atoms with E-state index in [9.17, 15) is 4.79 Å². The minimum Gasteiger partial charge on any atom is -0.334 e. The number of anilines is 1. The molecule has 0 atom stereocenters. The Balaban J connectivity index is 1.21. The maximum atomic E-state index is 11.6. The number of hydrogen-bond acceptors (Lipinski definition) is 2. The van der Waals surface area contributed by atoms with Gasteiger partial charge in [-0.15, -0.1) is 0 Å². The Morgan fingerprint density at radius 2 is 1.97 bits per heavy atom. The molecule has 2 aliphatic heterocycles. The van der Waals surface area contributed by atoms with Crippen LogP contribution in [0.15, 0.2) is 48.5 Å². The first-order chi connectivity index (χ1) is 14.2. The molecule has 2 heterocycles. The molecule has 4 heteroatoms. The molecule has 2 N–H and O–H groups in total. The van der Waals surface area contributed by atoms with Crippen LogP contribution in [-0.2, 0) is 13.1 Å². The number of carbonyl (C=O) groups is 1. The molecule has 3 aliphatic rings. The van der Waals surface area contributed by atoms with Crippen molar-refractivity contribution >= 4 is 17.3 Å². The molecule has 29 heavy (non-hydrogen) atoms. The lowest BCUT2D eigenvalue weighted by Gasteiger charge is -2.33. The second-order valence-electron chi connectivity index (χ2n) is 8.60. The van der Waals surface area contributed by atoms with E-state index in [0.717, 1.165) is 25.3 Å². The smallest absolute Gasteiger partial charge is 0.319 e. The largest absolute Gasteiger partial charge is 0.334 e. The van der Waals surface area contributed by atoms with Crippen LogP contribution in [0, 0.1) is 0 Å². The lowest BCUT2D eigenvalue weighted by molar-refractivity contribution is 0.204. The summed E-state index contributed by atoms with van der Waals surface area (Å²) in [6, 6.07) is 15.6. The number of piperidine rings is 1. The van der Waals surface area contributed by atoms with E-state index in [1.54, 1.807) is 0 Å². The van der Waals surface area contributed by atoms with Gasteiger partial charge in [-0.1, -0.05) is 42.5 Å². The van der Waals surface area contributed by atoms with Gasteiger partial charge in [-0.25, -0.2) is 4.79 Å². The summed E-state index contributed by atoms with van der Waals surface area (Å²) < 4.78 is 0. The first kappa shape index (κ1) is 18.4. The van der Waals surface area contributed by atoms with Crippen LogP contribution in [0.25, 0.3) is 5.57 Å². The van der Waals surface area contributed by atoms with E-state index in [4.69, 9.17) is 0 Å². The molecule has 0 aromatic heterocycles. The van der Waals surface area contributed by atoms with E-state index in [0.29, 0.717) is 12.5 Å². The lowest BCUT2D eigenvalue weighted by Crippen LogP contribution is -2.34. The fourth-order valence-corrected chi connectivity index (χ4v) is 4.95. The van der Waals surface area contributed by atoms with Crippen LogP contribution >= 0.6 is 0 Å². The molecule has 1 aliphatic carbocycles. The van der Waals surface area contributed by atoms with Crippen LogP contribution in [-0.4, -0.2) is 24.0 Å². The first-order valence-electron chi connectivity index (χ1n) is 10.9. The topological polar surface area (TPSA) is 44.4 Å². The monoisotopic (exact) mass is 387 g/mol. The summed E-state index contributed by atoms with van der Waals surface area (Å²) in [6.45, 7) is 3.92. The summed E-state index contributed by atoms with van der Waals surface area (Å²) in [5.74, 6) is 0.582. The zero-order valence-electron chi connectivity index (χ0n) is 16.9. The van der Waals surface area contributed by atoms with Gasteiger partial charge in [0.05, 0.1) is 0 Å². The molecule has 1 fully saturated rings. The van der Waals surface area contributed by atoms with Gasteiger partial charge >= 0.3 is 6.03 Å². The summed E-state index contributed by atoms with van der Waals surface area (Å²) in [5.41, 5.74) is 7.88. The van der Waals surface area contributed by atoms with Gasteiger partial charge < -0.3 is 10.6 Å². The number of hydrogen-bond donors (Lipinski definition) is 2. The van der Waals surface area contributed by atoms with Crippen LogP contribution in [0.4, 0.5) is 10.5 Å². The number of nitrogens with one attached hydrogen (secondary N) is 2. The van der Waals surface area contributed by atoms with Gasteiger partial charge in [0.15, 0.2) is 0 Å². The maximum Gasteiger partial charge on any atom is 0.319 e. The summed E-state index contributed by atoms with van der Waals surface area (Å²) >= 11 is 0. The van der Waals surface area contributed by atoms with Gasteiger partial charge in [-0.3, -0.25) is 4.90 Å². The van der Waals surface area contributed by atoms with Crippen LogP contribution < -0.4 is 10.6 Å². The van der Waals surface area contributed by atoms with Crippen molar-refractivity contribution in [3.8, 4) is 0 Å². The number of likely N-dealkylation sites (tertiary alicyclic amines) is 1. The maximum absolute atomic E-state index is 11.6. The van der Waals surface area contributed by atoms with E-state index in [1.807, 2.05) is 0 Å². The average molecular weight is 388 g/mol. The van der Waals surface area contributed by atoms with Gasteiger partial charge in [-0.2, -0.15) is 0 Å². The summed E-state index contributed by atoms with van der Waals surface area (Å²) in [5, 5.41) is 5.77. The Morgan fingerprint density at radius 1 is 1.07 bits per heavy atom. The van der Waals surface area contributed by atoms with Crippen molar-refractivity contribution in [2.75, 3.05) is 18.4 Å². The van der Waals surface area contributed by atoms with Gasteiger partial charge in [0.25, 0.3) is 0 Å². The fourth-order valence-electron chi connectivity index (χ4n) is 4.95. The van der Waals surface area contributed by atoms with Crippen molar-refractivity contribution in [3.05, 3.63) is 70.8 Å². The molecule has 0 radical (unpaired) electrons. The molecule has 2 amide bonds. The minimum atomic E-state index is -0.0972. The molecule has 5 rings (SSSR count). The third-order valence-corrected chi connectivity index (χ3v) is 6.63. The predicted molar refractivity (Wildman–Crippen MR) is 118 cm³/mol. The van der Waals surface area contributed by atoms with Gasteiger partial charge in [0.1, 0.15) is 0 Å². The number of carbonyl (C=O) groups excluding carboxylic acids is 1. The van der Waals surface area contributed by atoms with Crippen molar-refractivity contribution in [2.24, 2.45) is 0 Å². The van der Waals surface area contributed by atoms with Crippen molar-refractivity contribution in [1.82, 2.24) is 10.2 Å². The van der Waals surface area contributed by atoms with E-state index < -0.39 is 0 Å². The molecule has 4 nitrogen and oxygen atoms in total. The third kappa shape index (κ3) is 4.08. The Labute approximate surface area is 173 Å². The summed E-state index contributed by atoms with van der Waals surface area (Å²) in [6.07, 6.45) is 8.52. The van der Waals surface area contributed by atoms with E-state index in [2.05, 4.69) is 64.1 Å². The number of urea groups is 1. The highest BCUT2D eigenvalue weighted by Gasteiger charge is 2.23. The van der Waals surface area contributed by atoms with Gasteiger partial charge in [0.2, 0.25) is 0 Å². The summed E-state index contributed by atoms with van der Waals surface area (Å²) in [7, 11) is 0. The van der Waals surface area contributed by atoms with E-state index >= 15 is 0 Å². The zero-order valence-corrected chi connectivity index (χ0v) is 16.9. The highest BCUT2D eigenvalue weighted by atomic mass is 16.2. The van der Waals surface area contributed by atoms with Crippen LogP contribution in [0.2, 0.25) is 0 Å². The Hall–Kier alpha value is -2.59. The molecule has 150 valence electrons. The number of allylic oxidation sites excluding steroid dienone is 2. The van der Waals surface area contributed by atoms with Crippen molar-refractivity contribution in [1.29, 1.82) is 0 Å². The number of rotatable bonds is 4. The number of amides is 2. The van der Waals surface area contributed by atoms with Crippen LogP contribution in [0.5, 0.6) is 0 Å². The molecular weight excluding hydrogens is 358 g/mol. The highest BCUT2D eigenvalue weighted by Crippen LogP contribution is 2.33. The lowest BCUT2D eigenvalue weighted by atomic mass is 9.88. The van der Waals surface area contributed by atoms with E-state index in [1.165, 1.54) is 59.9 Å². The van der Waals surface area contributed by atoms with Crippen molar-refractivity contribution < 1.29 is 4.79 Å². The normalized spacial score (nSPS) is 20.0. The molecule has 1 saturated heterocycles. The molecular formula is C25H29N3O. The third-order valence-electron chi connectivity index (χ3n) is 6.63. The van der Waals surface area contributed by atoms with Crippen LogP contribution in [0.1, 0.15) is 60.3 Å². The van der Waals surface area contributed by atoms with Crippen LogP contribution in [0.3, 0.4) is 0 Å². The Morgan fingerprint density at radius 3 is 2.79 bits per heavy atom. The molecule has 0 saturated carbocycles. The van der Waals surface area contributed by atoms with Crippen molar-refractivity contribution in [3.63, 3.8) is 0 Å². The van der Waals surface area contributed by atoms with Gasteiger partial charge in [-0.05, 0) is 85.0 Å². The highest BCUT2D eigenvalue weighted by molar-refractivity contribution is 5.92. The predicted octanol–water partition coefficient (Wildman–Crippen LogP) is 5.27. The van der Waals surface area contributed by atoms with Gasteiger partial charge in [0, 0.05) is 18.8 Å².